The number of ether oxygens (including phenoxy) is 2. The van der Waals surface area contributed by atoms with E-state index in [9.17, 15) is 9.59 Å². The largest absolute Gasteiger partial charge is 0.471 e. The lowest BCUT2D eigenvalue weighted by molar-refractivity contribution is -0.152. The van der Waals surface area contributed by atoms with Crippen molar-refractivity contribution in [3.05, 3.63) is 24.3 Å². The van der Waals surface area contributed by atoms with Crippen LogP contribution in [0.1, 0.15) is 6.92 Å². The van der Waals surface area contributed by atoms with Gasteiger partial charge in [-0.05, 0) is 31.2 Å². The molecule has 1 rings (SSSR count). The number of hydrogen-bond acceptors (Lipinski definition) is 5. The summed E-state index contributed by atoms with van der Waals surface area (Å²) < 4.78 is 9.81. The Labute approximate surface area is 93.1 Å². The average Bonchev–Trinajstić information content (AvgIpc) is 2.28. The lowest BCUT2D eigenvalue weighted by atomic mass is 10.3. The van der Waals surface area contributed by atoms with Gasteiger partial charge in [0.05, 0.1) is 6.61 Å². The SMILES string of the molecule is CCOC(=O)C(C=O)Oc1ccc(N)cc1. The molecule has 0 saturated heterocycles. The first-order chi connectivity index (χ1) is 7.67. The minimum Gasteiger partial charge on any atom is -0.471 e. The molecular weight excluding hydrogens is 210 g/mol. The average molecular weight is 223 g/mol. The second-order valence-electron chi connectivity index (χ2n) is 3.00. The fraction of sp³-hybridized carbons (Fsp3) is 0.273. The molecule has 0 saturated carbocycles. The summed E-state index contributed by atoms with van der Waals surface area (Å²) in [6.45, 7) is 1.86. The van der Waals surface area contributed by atoms with Crippen LogP contribution in [0, 0.1) is 0 Å². The second kappa shape index (κ2) is 5.75. The normalized spacial score (nSPS) is 11.6. The van der Waals surface area contributed by atoms with E-state index in [2.05, 4.69) is 4.74 Å². The van der Waals surface area contributed by atoms with Crippen LogP contribution in [0.25, 0.3) is 0 Å². The molecule has 5 heteroatoms. The van der Waals surface area contributed by atoms with E-state index in [1.807, 2.05) is 0 Å². The molecule has 5 nitrogen and oxygen atoms in total. The van der Waals surface area contributed by atoms with E-state index < -0.39 is 12.1 Å². The number of esters is 1. The van der Waals surface area contributed by atoms with Crippen molar-refractivity contribution in [2.45, 2.75) is 13.0 Å². The Morgan fingerprint density at radius 3 is 2.56 bits per heavy atom. The Hall–Kier alpha value is -2.04. The third-order valence-corrected chi connectivity index (χ3v) is 1.79. The lowest BCUT2D eigenvalue weighted by Crippen LogP contribution is -2.30. The van der Waals surface area contributed by atoms with Crippen LogP contribution >= 0.6 is 0 Å². The van der Waals surface area contributed by atoms with Gasteiger partial charge in [-0.15, -0.1) is 0 Å². The number of nitrogens with two attached hydrogens (primary N) is 1. The summed E-state index contributed by atoms with van der Waals surface area (Å²) in [7, 11) is 0. The molecule has 0 amide bonds. The molecule has 1 unspecified atom stereocenters. The molecule has 16 heavy (non-hydrogen) atoms. The summed E-state index contributed by atoms with van der Waals surface area (Å²) in [4.78, 5) is 21.9. The van der Waals surface area contributed by atoms with Gasteiger partial charge in [-0.3, -0.25) is 4.79 Å². The highest BCUT2D eigenvalue weighted by Gasteiger charge is 2.20. The van der Waals surface area contributed by atoms with Gasteiger partial charge >= 0.3 is 5.97 Å². The van der Waals surface area contributed by atoms with E-state index in [1.165, 1.54) is 0 Å². The van der Waals surface area contributed by atoms with Crippen LogP contribution in [0.5, 0.6) is 5.75 Å². The van der Waals surface area contributed by atoms with E-state index in [0.717, 1.165) is 0 Å². The molecule has 0 heterocycles. The predicted octanol–water partition coefficient (Wildman–Crippen LogP) is 0.778. The number of carbonyl (C=O) groups is 2. The maximum Gasteiger partial charge on any atom is 0.354 e. The van der Waals surface area contributed by atoms with Crippen molar-refractivity contribution in [1.29, 1.82) is 0 Å². The van der Waals surface area contributed by atoms with Crippen molar-refractivity contribution < 1.29 is 19.1 Å². The van der Waals surface area contributed by atoms with Gasteiger partial charge in [-0.2, -0.15) is 0 Å². The maximum atomic E-state index is 11.2. The first-order valence-corrected chi connectivity index (χ1v) is 4.81. The standard InChI is InChI=1S/C11H13NO4/c1-2-15-11(14)10(7-13)16-9-5-3-8(12)4-6-9/h3-7,10H,2,12H2,1H3. The van der Waals surface area contributed by atoms with Crippen LogP contribution in [0.2, 0.25) is 0 Å². The van der Waals surface area contributed by atoms with Gasteiger partial charge < -0.3 is 15.2 Å². The second-order valence-corrected chi connectivity index (χ2v) is 3.00. The Balaban J connectivity index is 2.66. The van der Waals surface area contributed by atoms with Crippen LogP contribution in [-0.4, -0.2) is 25.0 Å². The molecule has 0 spiro atoms. The Bertz CT molecular complexity index is 361. The topological polar surface area (TPSA) is 78.6 Å². The molecule has 0 aromatic heterocycles. The van der Waals surface area contributed by atoms with E-state index in [1.54, 1.807) is 31.2 Å². The quantitative estimate of drug-likeness (QED) is 0.345. The Kier molecular flexibility index (Phi) is 4.32. The molecule has 1 atom stereocenters. The van der Waals surface area contributed by atoms with E-state index >= 15 is 0 Å². The molecule has 0 fully saturated rings. The number of aldehydes is 1. The fourth-order valence-corrected chi connectivity index (χ4v) is 1.05. The number of anilines is 1. The van der Waals surface area contributed by atoms with E-state index in [0.29, 0.717) is 17.7 Å². The smallest absolute Gasteiger partial charge is 0.354 e. The molecule has 0 bridgehead atoms. The highest BCUT2D eigenvalue weighted by atomic mass is 16.6. The van der Waals surface area contributed by atoms with Crippen LogP contribution in [0.4, 0.5) is 5.69 Å². The van der Waals surface area contributed by atoms with Crippen LogP contribution in [0.15, 0.2) is 24.3 Å². The van der Waals surface area contributed by atoms with Crippen molar-refractivity contribution >= 4 is 17.9 Å². The third kappa shape index (κ3) is 3.27. The van der Waals surface area contributed by atoms with Crippen LogP contribution < -0.4 is 10.5 Å². The molecule has 0 aliphatic heterocycles. The van der Waals surface area contributed by atoms with E-state index in [-0.39, 0.29) is 6.61 Å². The zero-order valence-electron chi connectivity index (χ0n) is 8.88. The molecule has 1 aromatic carbocycles. The molecule has 0 aliphatic rings. The van der Waals surface area contributed by atoms with Crippen molar-refractivity contribution in [2.24, 2.45) is 0 Å². The van der Waals surface area contributed by atoms with Gasteiger partial charge in [0, 0.05) is 5.69 Å². The molecular formula is C11H13NO4. The monoisotopic (exact) mass is 223 g/mol. The molecule has 86 valence electrons. The summed E-state index contributed by atoms with van der Waals surface area (Å²) in [5.74, 6) is -0.311. The Morgan fingerprint density at radius 1 is 1.44 bits per heavy atom. The van der Waals surface area contributed by atoms with Gasteiger partial charge in [-0.25, -0.2) is 4.79 Å². The van der Waals surface area contributed by atoms with Crippen molar-refractivity contribution in [2.75, 3.05) is 12.3 Å². The number of carbonyl (C=O) groups excluding carboxylic acids is 2. The predicted molar refractivity (Wildman–Crippen MR) is 58.0 cm³/mol. The zero-order chi connectivity index (χ0) is 12.0. The highest BCUT2D eigenvalue weighted by Crippen LogP contribution is 2.14. The fourth-order valence-electron chi connectivity index (χ4n) is 1.05. The lowest BCUT2D eigenvalue weighted by Gasteiger charge is -2.12. The number of rotatable bonds is 5. The zero-order valence-corrected chi connectivity index (χ0v) is 8.88. The summed E-state index contributed by atoms with van der Waals surface area (Å²) >= 11 is 0. The number of nitrogen functional groups attached to an aromatic ring is 1. The number of benzene rings is 1. The van der Waals surface area contributed by atoms with E-state index in [4.69, 9.17) is 10.5 Å². The van der Waals surface area contributed by atoms with Gasteiger partial charge in [0.2, 0.25) is 6.10 Å². The summed E-state index contributed by atoms with van der Waals surface area (Å²) in [5.41, 5.74) is 6.06. The molecule has 1 aromatic rings. The van der Waals surface area contributed by atoms with Gasteiger partial charge in [0.25, 0.3) is 0 Å². The maximum absolute atomic E-state index is 11.2. The van der Waals surface area contributed by atoms with Crippen molar-refractivity contribution in [3.8, 4) is 5.75 Å². The number of hydrogen-bond donors (Lipinski definition) is 1. The van der Waals surface area contributed by atoms with Crippen molar-refractivity contribution in [1.82, 2.24) is 0 Å². The molecule has 0 aliphatic carbocycles. The summed E-state index contributed by atoms with van der Waals surface area (Å²) in [5, 5.41) is 0. The third-order valence-electron chi connectivity index (χ3n) is 1.79. The van der Waals surface area contributed by atoms with Crippen LogP contribution in [0.3, 0.4) is 0 Å². The molecule has 2 N–H and O–H groups in total. The van der Waals surface area contributed by atoms with Gasteiger partial charge in [0.1, 0.15) is 5.75 Å². The Morgan fingerprint density at radius 2 is 2.06 bits per heavy atom. The first-order valence-electron chi connectivity index (χ1n) is 4.81. The summed E-state index contributed by atoms with van der Waals surface area (Å²) in [6.07, 6.45) is -0.836. The highest BCUT2D eigenvalue weighted by molar-refractivity contribution is 5.91. The molecule has 0 radical (unpaired) electrons. The minimum atomic E-state index is -1.23. The van der Waals surface area contributed by atoms with Crippen molar-refractivity contribution in [3.63, 3.8) is 0 Å². The van der Waals surface area contributed by atoms with Gasteiger partial charge in [-0.1, -0.05) is 0 Å². The summed E-state index contributed by atoms with van der Waals surface area (Å²) in [6, 6.07) is 6.38. The van der Waals surface area contributed by atoms with Gasteiger partial charge in [0.15, 0.2) is 6.29 Å². The minimum absolute atomic E-state index is 0.203. The first kappa shape index (κ1) is 12.0. The van der Waals surface area contributed by atoms with Crippen LogP contribution in [-0.2, 0) is 14.3 Å².